The summed E-state index contributed by atoms with van der Waals surface area (Å²) in [6, 6.07) is 6.19. The van der Waals surface area contributed by atoms with Crippen LogP contribution in [0.2, 0.25) is 0 Å². The summed E-state index contributed by atoms with van der Waals surface area (Å²) in [6.45, 7) is 8.82. The number of benzene rings is 1. The Labute approximate surface area is 119 Å². The highest BCUT2D eigenvalue weighted by molar-refractivity contribution is 9.10. The standard InChI is InChI=1S/C15H24BrNO/c1-5-17-10-13(11(2)3)8-12-9-14(18-4)6-7-15(12)16/h6-7,9,11,13,17H,5,8,10H2,1-4H3. The Morgan fingerprint density at radius 3 is 2.61 bits per heavy atom. The van der Waals surface area contributed by atoms with Crippen LogP contribution in [0.4, 0.5) is 0 Å². The van der Waals surface area contributed by atoms with Gasteiger partial charge in [-0.15, -0.1) is 0 Å². The Bertz CT molecular complexity index is 366. The number of ether oxygens (including phenoxy) is 1. The molecule has 0 amide bonds. The minimum absolute atomic E-state index is 0.647. The second kappa shape index (κ2) is 7.80. The molecular weight excluding hydrogens is 290 g/mol. The van der Waals surface area contributed by atoms with Gasteiger partial charge in [-0.1, -0.05) is 36.7 Å². The van der Waals surface area contributed by atoms with Crippen molar-refractivity contribution in [3.05, 3.63) is 28.2 Å². The predicted octanol–water partition coefficient (Wildman–Crippen LogP) is 3.88. The molecule has 0 aliphatic rings. The summed E-state index contributed by atoms with van der Waals surface area (Å²) in [4.78, 5) is 0. The van der Waals surface area contributed by atoms with Crippen molar-refractivity contribution in [3.8, 4) is 5.75 Å². The second-order valence-electron chi connectivity index (χ2n) is 4.97. The lowest BCUT2D eigenvalue weighted by Gasteiger charge is -2.22. The van der Waals surface area contributed by atoms with E-state index in [-0.39, 0.29) is 0 Å². The third kappa shape index (κ3) is 4.62. The van der Waals surface area contributed by atoms with E-state index in [4.69, 9.17) is 4.74 Å². The summed E-state index contributed by atoms with van der Waals surface area (Å²) in [5.41, 5.74) is 1.32. The van der Waals surface area contributed by atoms with Gasteiger partial charge >= 0.3 is 0 Å². The first kappa shape index (κ1) is 15.5. The highest BCUT2D eigenvalue weighted by Crippen LogP contribution is 2.26. The third-order valence-corrected chi connectivity index (χ3v) is 4.11. The molecule has 1 N–H and O–H groups in total. The molecule has 0 fully saturated rings. The van der Waals surface area contributed by atoms with Crippen LogP contribution in [-0.2, 0) is 6.42 Å². The molecule has 2 nitrogen and oxygen atoms in total. The van der Waals surface area contributed by atoms with Gasteiger partial charge in [-0.2, -0.15) is 0 Å². The lowest BCUT2D eigenvalue weighted by atomic mass is 9.89. The normalized spacial score (nSPS) is 12.8. The van der Waals surface area contributed by atoms with E-state index < -0.39 is 0 Å². The molecule has 1 aromatic carbocycles. The minimum atomic E-state index is 0.647. The smallest absolute Gasteiger partial charge is 0.119 e. The minimum Gasteiger partial charge on any atom is -0.497 e. The van der Waals surface area contributed by atoms with Gasteiger partial charge in [-0.25, -0.2) is 0 Å². The molecule has 1 atom stereocenters. The van der Waals surface area contributed by atoms with Crippen molar-refractivity contribution in [2.24, 2.45) is 11.8 Å². The highest BCUT2D eigenvalue weighted by atomic mass is 79.9. The van der Waals surface area contributed by atoms with Crippen LogP contribution in [0.5, 0.6) is 5.75 Å². The molecule has 0 spiro atoms. The molecule has 1 aromatic rings. The fourth-order valence-electron chi connectivity index (χ4n) is 1.99. The van der Waals surface area contributed by atoms with Crippen LogP contribution < -0.4 is 10.1 Å². The third-order valence-electron chi connectivity index (χ3n) is 3.33. The van der Waals surface area contributed by atoms with Gasteiger partial charge in [0.25, 0.3) is 0 Å². The fourth-order valence-corrected chi connectivity index (χ4v) is 2.40. The van der Waals surface area contributed by atoms with E-state index in [1.54, 1.807) is 7.11 Å². The first-order valence-corrected chi connectivity index (χ1v) is 7.40. The quantitative estimate of drug-likeness (QED) is 0.824. The van der Waals surface area contributed by atoms with Crippen molar-refractivity contribution in [1.29, 1.82) is 0 Å². The lowest BCUT2D eigenvalue weighted by molar-refractivity contribution is 0.362. The monoisotopic (exact) mass is 313 g/mol. The number of methoxy groups -OCH3 is 1. The number of rotatable bonds is 7. The van der Waals surface area contributed by atoms with Crippen molar-refractivity contribution >= 4 is 15.9 Å². The lowest BCUT2D eigenvalue weighted by Crippen LogP contribution is -2.27. The number of halogens is 1. The van der Waals surface area contributed by atoms with Gasteiger partial charge < -0.3 is 10.1 Å². The molecule has 0 saturated carbocycles. The molecule has 1 rings (SSSR count). The van der Waals surface area contributed by atoms with Gasteiger partial charge in [0, 0.05) is 4.47 Å². The average molecular weight is 314 g/mol. The molecule has 0 aliphatic heterocycles. The van der Waals surface area contributed by atoms with Crippen LogP contribution in [0.3, 0.4) is 0 Å². The zero-order chi connectivity index (χ0) is 13.5. The molecule has 3 heteroatoms. The summed E-state index contributed by atoms with van der Waals surface area (Å²) >= 11 is 3.63. The molecule has 0 bridgehead atoms. The van der Waals surface area contributed by atoms with E-state index in [2.05, 4.69) is 54.2 Å². The molecular formula is C15H24BrNO. The Morgan fingerprint density at radius 2 is 2.06 bits per heavy atom. The van der Waals surface area contributed by atoms with Gasteiger partial charge in [-0.05, 0) is 55.1 Å². The van der Waals surface area contributed by atoms with Crippen LogP contribution in [0.15, 0.2) is 22.7 Å². The molecule has 0 saturated heterocycles. The van der Waals surface area contributed by atoms with Gasteiger partial charge in [0.1, 0.15) is 5.75 Å². The summed E-state index contributed by atoms with van der Waals surface area (Å²) in [5, 5.41) is 3.45. The number of hydrogen-bond acceptors (Lipinski definition) is 2. The Hall–Kier alpha value is -0.540. The van der Waals surface area contributed by atoms with Gasteiger partial charge in [0.2, 0.25) is 0 Å². The van der Waals surface area contributed by atoms with Crippen LogP contribution >= 0.6 is 15.9 Å². The largest absolute Gasteiger partial charge is 0.497 e. The topological polar surface area (TPSA) is 21.3 Å². The Morgan fingerprint density at radius 1 is 1.33 bits per heavy atom. The summed E-state index contributed by atoms with van der Waals surface area (Å²) in [5.74, 6) is 2.25. The first-order valence-electron chi connectivity index (χ1n) is 6.61. The van der Waals surface area contributed by atoms with Crippen molar-refractivity contribution in [2.45, 2.75) is 27.2 Å². The number of nitrogens with one attached hydrogen (secondary N) is 1. The van der Waals surface area contributed by atoms with E-state index in [0.29, 0.717) is 11.8 Å². The average Bonchev–Trinajstić information content (AvgIpc) is 2.36. The summed E-state index contributed by atoms with van der Waals surface area (Å²) in [6.07, 6.45) is 1.07. The van der Waals surface area contributed by atoms with Crippen molar-refractivity contribution < 1.29 is 4.74 Å². The molecule has 0 heterocycles. The predicted molar refractivity (Wildman–Crippen MR) is 81.3 cm³/mol. The maximum absolute atomic E-state index is 5.30. The molecule has 0 aromatic heterocycles. The van der Waals surface area contributed by atoms with Crippen molar-refractivity contribution in [1.82, 2.24) is 5.32 Å². The molecule has 18 heavy (non-hydrogen) atoms. The number of hydrogen-bond donors (Lipinski definition) is 1. The second-order valence-corrected chi connectivity index (χ2v) is 5.83. The molecule has 102 valence electrons. The van der Waals surface area contributed by atoms with Gasteiger partial charge in [0.05, 0.1) is 7.11 Å². The summed E-state index contributed by atoms with van der Waals surface area (Å²) in [7, 11) is 1.71. The van der Waals surface area contributed by atoms with Crippen LogP contribution in [-0.4, -0.2) is 20.2 Å². The maximum atomic E-state index is 5.30. The first-order chi connectivity index (χ1) is 8.58. The van der Waals surface area contributed by atoms with E-state index >= 15 is 0 Å². The summed E-state index contributed by atoms with van der Waals surface area (Å²) < 4.78 is 6.47. The van der Waals surface area contributed by atoms with E-state index in [0.717, 1.165) is 25.3 Å². The SMILES string of the molecule is CCNCC(Cc1cc(OC)ccc1Br)C(C)C. The molecule has 1 unspecified atom stereocenters. The maximum Gasteiger partial charge on any atom is 0.119 e. The van der Waals surface area contributed by atoms with Crippen molar-refractivity contribution in [2.75, 3.05) is 20.2 Å². The Balaban J connectivity index is 2.78. The fraction of sp³-hybridized carbons (Fsp3) is 0.600. The van der Waals surface area contributed by atoms with Gasteiger partial charge in [0.15, 0.2) is 0 Å². The zero-order valence-electron chi connectivity index (χ0n) is 11.8. The van der Waals surface area contributed by atoms with E-state index in [9.17, 15) is 0 Å². The van der Waals surface area contributed by atoms with E-state index in [1.807, 2.05) is 6.07 Å². The molecule has 0 aliphatic carbocycles. The highest BCUT2D eigenvalue weighted by Gasteiger charge is 2.15. The van der Waals surface area contributed by atoms with Crippen LogP contribution in [0, 0.1) is 11.8 Å². The van der Waals surface area contributed by atoms with Crippen LogP contribution in [0.1, 0.15) is 26.3 Å². The molecule has 0 radical (unpaired) electrons. The van der Waals surface area contributed by atoms with Gasteiger partial charge in [-0.3, -0.25) is 0 Å². The van der Waals surface area contributed by atoms with Crippen molar-refractivity contribution in [3.63, 3.8) is 0 Å². The zero-order valence-corrected chi connectivity index (χ0v) is 13.4. The van der Waals surface area contributed by atoms with E-state index in [1.165, 1.54) is 10.0 Å². The Kier molecular flexibility index (Phi) is 6.72. The van der Waals surface area contributed by atoms with Crippen LogP contribution in [0.25, 0.3) is 0 Å².